The Morgan fingerprint density at radius 2 is 2.10 bits per heavy atom. The van der Waals surface area contributed by atoms with Gasteiger partial charge in [0.25, 0.3) is 0 Å². The SMILES string of the molecule is CCOC(=O)CCCNc1ccc(C(N)=S)c(F)c1F. The molecule has 0 fully saturated rings. The summed E-state index contributed by atoms with van der Waals surface area (Å²) in [7, 11) is 0. The maximum atomic E-state index is 13.7. The number of carbonyl (C=O) groups excluding carboxylic acids is 1. The lowest BCUT2D eigenvalue weighted by molar-refractivity contribution is -0.143. The molecule has 1 aromatic carbocycles. The van der Waals surface area contributed by atoms with Crippen LogP contribution in [0, 0.1) is 11.6 Å². The summed E-state index contributed by atoms with van der Waals surface area (Å²) in [6.45, 7) is 2.37. The van der Waals surface area contributed by atoms with Crippen LogP contribution in [0.15, 0.2) is 12.1 Å². The van der Waals surface area contributed by atoms with Gasteiger partial charge in [0, 0.05) is 18.5 Å². The van der Waals surface area contributed by atoms with E-state index in [4.69, 9.17) is 10.5 Å². The Kier molecular flexibility index (Phi) is 6.30. The quantitative estimate of drug-likeness (QED) is 0.460. The molecule has 3 N–H and O–H groups in total. The number of nitrogens with one attached hydrogen (secondary N) is 1. The first-order valence-corrected chi connectivity index (χ1v) is 6.55. The highest BCUT2D eigenvalue weighted by Crippen LogP contribution is 2.20. The van der Waals surface area contributed by atoms with Crippen LogP contribution in [0.25, 0.3) is 0 Å². The van der Waals surface area contributed by atoms with Crippen LogP contribution in [0.2, 0.25) is 0 Å². The first-order chi connectivity index (χ1) is 9.47. The van der Waals surface area contributed by atoms with E-state index in [9.17, 15) is 13.6 Å². The van der Waals surface area contributed by atoms with Crippen LogP contribution in [0.5, 0.6) is 0 Å². The predicted molar refractivity (Wildman–Crippen MR) is 76.6 cm³/mol. The van der Waals surface area contributed by atoms with Gasteiger partial charge < -0.3 is 15.8 Å². The number of carbonyl (C=O) groups is 1. The van der Waals surface area contributed by atoms with Crippen molar-refractivity contribution >= 4 is 28.9 Å². The average molecular weight is 302 g/mol. The number of hydrogen-bond donors (Lipinski definition) is 2. The predicted octanol–water partition coefficient (Wildman–Crippen LogP) is 2.35. The summed E-state index contributed by atoms with van der Waals surface area (Å²) in [5.41, 5.74) is 5.15. The summed E-state index contributed by atoms with van der Waals surface area (Å²) < 4.78 is 32.0. The summed E-state index contributed by atoms with van der Waals surface area (Å²) >= 11 is 4.61. The zero-order valence-electron chi connectivity index (χ0n) is 11.0. The minimum atomic E-state index is -1.08. The lowest BCUT2D eigenvalue weighted by Gasteiger charge is -2.10. The number of hydrogen-bond acceptors (Lipinski definition) is 4. The van der Waals surface area contributed by atoms with Crippen molar-refractivity contribution in [2.45, 2.75) is 19.8 Å². The molecule has 7 heteroatoms. The number of nitrogens with two attached hydrogens (primary N) is 1. The summed E-state index contributed by atoms with van der Waals surface area (Å²) in [6, 6.07) is 2.67. The molecule has 110 valence electrons. The highest BCUT2D eigenvalue weighted by molar-refractivity contribution is 7.80. The normalized spacial score (nSPS) is 10.2. The summed E-state index contributed by atoms with van der Waals surface area (Å²) in [6.07, 6.45) is 0.673. The van der Waals surface area contributed by atoms with Crippen LogP contribution < -0.4 is 11.1 Å². The van der Waals surface area contributed by atoms with Crippen molar-refractivity contribution in [3.63, 3.8) is 0 Å². The molecule has 0 spiro atoms. The monoisotopic (exact) mass is 302 g/mol. The second kappa shape index (κ2) is 7.74. The molecule has 1 aromatic rings. The van der Waals surface area contributed by atoms with Gasteiger partial charge in [-0.3, -0.25) is 4.79 Å². The molecular formula is C13H16F2N2O2S. The van der Waals surface area contributed by atoms with Gasteiger partial charge in [0.2, 0.25) is 0 Å². The molecule has 0 aliphatic carbocycles. The minimum absolute atomic E-state index is 0.00589. The third-order valence-electron chi connectivity index (χ3n) is 2.53. The molecule has 0 aliphatic rings. The van der Waals surface area contributed by atoms with Crippen LogP contribution in [0.3, 0.4) is 0 Å². The fraction of sp³-hybridized carbons (Fsp3) is 0.385. The van der Waals surface area contributed by atoms with E-state index >= 15 is 0 Å². The van der Waals surface area contributed by atoms with Gasteiger partial charge in [-0.25, -0.2) is 8.78 Å². The number of rotatable bonds is 7. The highest BCUT2D eigenvalue weighted by atomic mass is 32.1. The zero-order valence-corrected chi connectivity index (χ0v) is 11.9. The van der Waals surface area contributed by atoms with Crippen LogP contribution in [0.1, 0.15) is 25.3 Å². The van der Waals surface area contributed by atoms with Crippen molar-refractivity contribution < 1.29 is 18.3 Å². The van der Waals surface area contributed by atoms with Gasteiger partial charge in [0.15, 0.2) is 11.6 Å². The molecule has 0 bridgehead atoms. The summed E-state index contributed by atoms with van der Waals surface area (Å²) in [5.74, 6) is -2.43. The fourth-order valence-corrected chi connectivity index (χ4v) is 1.72. The molecular weight excluding hydrogens is 286 g/mol. The van der Waals surface area contributed by atoms with E-state index in [0.29, 0.717) is 19.6 Å². The highest BCUT2D eigenvalue weighted by Gasteiger charge is 2.14. The van der Waals surface area contributed by atoms with E-state index in [1.165, 1.54) is 12.1 Å². The standard InChI is InChI=1S/C13H16F2N2O2S/c1-2-19-10(18)4-3-7-17-9-6-5-8(13(16)20)11(14)12(9)15/h5-6,17H,2-4,7H2,1H3,(H2,16,20). The molecule has 0 aromatic heterocycles. The Bertz CT molecular complexity index is 509. The first kappa shape index (κ1) is 16.3. The number of thiocarbonyl (C=S) groups is 1. The van der Waals surface area contributed by atoms with E-state index in [1.54, 1.807) is 6.92 Å². The molecule has 1 rings (SSSR count). The Labute approximate surface area is 121 Å². The van der Waals surface area contributed by atoms with Crippen molar-refractivity contribution in [1.82, 2.24) is 0 Å². The largest absolute Gasteiger partial charge is 0.466 e. The summed E-state index contributed by atoms with van der Waals surface area (Å²) in [4.78, 5) is 10.9. The van der Waals surface area contributed by atoms with Crippen molar-refractivity contribution in [2.75, 3.05) is 18.5 Å². The maximum absolute atomic E-state index is 13.7. The molecule has 0 radical (unpaired) electrons. The Balaban J connectivity index is 2.55. The third kappa shape index (κ3) is 4.41. The minimum Gasteiger partial charge on any atom is -0.466 e. The fourth-order valence-electron chi connectivity index (χ4n) is 1.57. The van der Waals surface area contributed by atoms with E-state index < -0.39 is 11.6 Å². The molecule has 0 aliphatic heterocycles. The van der Waals surface area contributed by atoms with E-state index in [-0.39, 0.29) is 28.6 Å². The smallest absolute Gasteiger partial charge is 0.305 e. The van der Waals surface area contributed by atoms with E-state index in [1.807, 2.05) is 0 Å². The van der Waals surface area contributed by atoms with Crippen LogP contribution >= 0.6 is 12.2 Å². The van der Waals surface area contributed by atoms with Gasteiger partial charge in [0.05, 0.1) is 12.3 Å². The van der Waals surface area contributed by atoms with Crippen molar-refractivity contribution in [3.05, 3.63) is 29.3 Å². The zero-order chi connectivity index (χ0) is 15.1. The van der Waals surface area contributed by atoms with E-state index in [0.717, 1.165) is 0 Å². The second-order valence-electron chi connectivity index (χ2n) is 3.99. The Hall–Kier alpha value is -1.76. The molecule has 0 atom stereocenters. The maximum Gasteiger partial charge on any atom is 0.305 e. The van der Waals surface area contributed by atoms with Crippen molar-refractivity contribution in [1.29, 1.82) is 0 Å². The molecule has 0 amide bonds. The molecule has 0 saturated heterocycles. The molecule has 20 heavy (non-hydrogen) atoms. The topological polar surface area (TPSA) is 64.3 Å². The first-order valence-electron chi connectivity index (χ1n) is 6.14. The van der Waals surface area contributed by atoms with Crippen molar-refractivity contribution in [3.8, 4) is 0 Å². The lowest BCUT2D eigenvalue weighted by Crippen LogP contribution is -2.14. The van der Waals surface area contributed by atoms with Gasteiger partial charge >= 0.3 is 5.97 Å². The number of esters is 1. The number of halogens is 2. The third-order valence-corrected chi connectivity index (χ3v) is 2.75. The molecule has 4 nitrogen and oxygen atoms in total. The Morgan fingerprint density at radius 1 is 1.40 bits per heavy atom. The number of ether oxygens (including phenoxy) is 1. The molecule has 0 unspecified atom stereocenters. The number of benzene rings is 1. The second-order valence-corrected chi connectivity index (χ2v) is 4.43. The number of anilines is 1. The van der Waals surface area contributed by atoms with Gasteiger partial charge in [-0.05, 0) is 25.5 Å². The lowest BCUT2D eigenvalue weighted by atomic mass is 10.1. The Morgan fingerprint density at radius 3 is 2.70 bits per heavy atom. The summed E-state index contributed by atoms with van der Waals surface area (Å²) in [5, 5.41) is 2.71. The van der Waals surface area contributed by atoms with Crippen LogP contribution in [-0.4, -0.2) is 24.1 Å². The van der Waals surface area contributed by atoms with Gasteiger partial charge in [0.1, 0.15) is 4.99 Å². The van der Waals surface area contributed by atoms with E-state index in [2.05, 4.69) is 17.5 Å². The van der Waals surface area contributed by atoms with Gasteiger partial charge in [-0.2, -0.15) is 0 Å². The average Bonchev–Trinajstić information content (AvgIpc) is 2.39. The van der Waals surface area contributed by atoms with Crippen LogP contribution in [0.4, 0.5) is 14.5 Å². The van der Waals surface area contributed by atoms with Crippen LogP contribution in [-0.2, 0) is 9.53 Å². The van der Waals surface area contributed by atoms with Crippen molar-refractivity contribution in [2.24, 2.45) is 5.73 Å². The van der Waals surface area contributed by atoms with Gasteiger partial charge in [-0.1, -0.05) is 12.2 Å². The molecule has 0 saturated carbocycles. The molecule has 0 heterocycles. The van der Waals surface area contributed by atoms with Gasteiger partial charge in [-0.15, -0.1) is 0 Å².